The monoisotopic (exact) mass is 404 g/mol. The predicted molar refractivity (Wildman–Crippen MR) is 109 cm³/mol. The van der Waals surface area contributed by atoms with E-state index in [1.807, 2.05) is 24.3 Å². The maximum atomic E-state index is 12.7. The molecule has 2 heterocycles. The molecule has 1 amide bonds. The molecule has 1 aliphatic heterocycles. The molecule has 1 fully saturated rings. The number of imidazole rings is 1. The van der Waals surface area contributed by atoms with Gasteiger partial charge in [0.2, 0.25) is 5.91 Å². The smallest absolute Gasteiger partial charge is 0.262 e. The summed E-state index contributed by atoms with van der Waals surface area (Å²) in [7, 11) is -3.60. The first-order valence-corrected chi connectivity index (χ1v) is 11.1. The van der Waals surface area contributed by atoms with Crippen LogP contribution < -0.4 is 5.32 Å². The van der Waals surface area contributed by atoms with Crippen LogP contribution in [0.3, 0.4) is 0 Å². The Morgan fingerprint density at radius 2 is 1.86 bits per heavy atom. The number of rotatable bonds is 6. The Morgan fingerprint density at radius 3 is 2.46 bits per heavy atom. The first-order chi connectivity index (χ1) is 13.3. The molecule has 28 heavy (non-hydrogen) atoms. The molecule has 1 aliphatic rings. The van der Waals surface area contributed by atoms with Gasteiger partial charge >= 0.3 is 0 Å². The van der Waals surface area contributed by atoms with E-state index in [0.29, 0.717) is 30.6 Å². The van der Waals surface area contributed by atoms with Gasteiger partial charge in [-0.1, -0.05) is 32.9 Å². The molecule has 7 nitrogen and oxygen atoms in total. The van der Waals surface area contributed by atoms with E-state index < -0.39 is 10.0 Å². The molecule has 0 bridgehead atoms. The summed E-state index contributed by atoms with van der Waals surface area (Å²) >= 11 is 0. The minimum absolute atomic E-state index is 0.00357. The maximum Gasteiger partial charge on any atom is 0.262 e. The highest BCUT2D eigenvalue weighted by Gasteiger charge is 2.29. The highest BCUT2D eigenvalue weighted by molar-refractivity contribution is 7.89. The average molecular weight is 405 g/mol. The highest BCUT2D eigenvalue weighted by Crippen LogP contribution is 2.22. The van der Waals surface area contributed by atoms with Crippen LogP contribution in [0.2, 0.25) is 0 Å². The number of carbonyl (C=O) groups is 1. The lowest BCUT2D eigenvalue weighted by atomic mass is 10.0. The molecule has 0 aliphatic carbocycles. The van der Waals surface area contributed by atoms with Crippen molar-refractivity contribution in [2.75, 3.05) is 18.4 Å². The van der Waals surface area contributed by atoms with Crippen LogP contribution in [0.15, 0.2) is 41.8 Å². The number of sulfonamides is 1. The van der Waals surface area contributed by atoms with Gasteiger partial charge < -0.3 is 9.88 Å². The number of piperidine rings is 1. The predicted octanol–water partition coefficient (Wildman–Crippen LogP) is 3.07. The Labute approximate surface area is 166 Å². The van der Waals surface area contributed by atoms with E-state index >= 15 is 0 Å². The second-order valence-corrected chi connectivity index (χ2v) is 9.68. The zero-order valence-corrected chi connectivity index (χ0v) is 17.4. The first-order valence-electron chi connectivity index (χ1n) is 9.67. The van der Waals surface area contributed by atoms with E-state index in [-0.39, 0.29) is 17.5 Å². The average Bonchev–Trinajstić information content (AvgIpc) is 3.11. The van der Waals surface area contributed by atoms with Crippen LogP contribution in [-0.4, -0.2) is 41.3 Å². The second-order valence-electron chi connectivity index (χ2n) is 7.80. The quantitative estimate of drug-likeness (QED) is 0.802. The number of benzene rings is 1. The Bertz CT molecular complexity index is 911. The van der Waals surface area contributed by atoms with Crippen LogP contribution in [0.25, 0.3) is 0 Å². The second kappa shape index (κ2) is 8.45. The largest absolute Gasteiger partial charge is 0.327 e. The molecule has 8 heteroatoms. The lowest BCUT2D eigenvalue weighted by Gasteiger charge is -2.28. The third-order valence-corrected chi connectivity index (χ3v) is 6.93. The number of nitrogens with zero attached hydrogens (tertiary/aromatic N) is 3. The minimum Gasteiger partial charge on any atom is -0.327 e. The molecule has 3 rings (SSSR count). The zero-order valence-electron chi connectivity index (χ0n) is 16.6. The SMILES string of the molecule is CC1CCN(S(=O)(=O)c2cn(CC(=O)Nc3ccc(C(C)C)cc3)cn2)CC1. The van der Waals surface area contributed by atoms with E-state index in [9.17, 15) is 13.2 Å². The van der Waals surface area contributed by atoms with E-state index in [0.717, 1.165) is 12.8 Å². The maximum absolute atomic E-state index is 12.7. The third-order valence-electron chi connectivity index (χ3n) is 5.14. The lowest BCUT2D eigenvalue weighted by molar-refractivity contribution is -0.116. The van der Waals surface area contributed by atoms with Crippen molar-refractivity contribution < 1.29 is 13.2 Å². The van der Waals surface area contributed by atoms with Crippen LogP contribution in [0.1, 0.15) is 45.1 Å². The number of carbonyl (C=O) groups excluding carboxylic acids is 1. The molecule has 1 N–H and O–H groups in total. The summed E-state index contributed by atoms with van der Waals surface area (Å²) in [6.07, 6.45) is 4.53. The van der Waals surface area contributed by atoms with Crippen molar-refractivity contribution >= 4 is 21.6 Å². The molecule has 1 saturated heterocycles. The third kappa shape index (κ3) is 4.80. The van der Waals surface area contributed by atoms with Gasteiger partial charge in [0, 0.05) is 25.0 Å². The molecule has 1 aromatic carbocycles. The minimum atomic E-state index is -3.60. The van der Waals surface area contributed by atoms with Crippen molar-refractivity contribution in [2.45, 2.75) is 51.1 Å². The number of hydrogen-bond acceptors (Lipinski definition) is 4. The normalized spacial score (nSPS) is 16.4. The first kappa shape index (κ1) is 20.5. The number of hydrogen-bond donors (Lipinski definition) is 1. The topological polar surface area (TPSA) is 84.3 Å². The van der Waals surface area contributed by atoms with Gasteiger partial charge in [-0.25, -0.2) is 13.4 Å². The highest BCUT2D eigenvalue weighted by atomic mass is 32.2. The summed E-state index contributed by atoms with van der Waals surface area (Å²) in [5.41, 5.74) is 1.92. The van der Waals surface area contributed by atoms with Gasteiger partial charge in [-0.15, -0.1) is 0 Å². The standard InChI is InChI=1S/C20H28N4O3S/c1-15(2)17-4-6-18(7-5-17)22-19(25)12-23-13-20(21-14-23)28(26,27)24-10-8-16(3)9-11-24/h4-7,13-16H,8-12H2,1-3H3,(H,22,25). The number of aromatic nitrogens is 2. The molecular weight excluding hydrogens is 376 g/mol. The van der Waals surface area contributed by atoms with E-state index in [1.54, 1.807) is 0 Å². The summed E-state index contributed by atoms with van der Waals surface area (Å²) in [5.74, 6) is 0.743. The van der Waals surface area contributed by atoms with E-state index in [1.165, 1.54) is 27.0 Å². The molecule has 0 unspecified atom stereocenters. The van der Waals surface area contributed by atoms with Gasteiger partial charge in [0.1, 0.15) is 6.54 Å². The fourth-order valence-electron chi connectivity index (χ4n) is 3.23. The summed E-state index contributed by atoms with van der Waals surface area (Å²) < 4.78 is 28.4. The van der Waals surface area contributed by atoms with Gasteiger partial charge in [0.05, 0.1) is 6.33 Å². The summed E-state index contributed by atoms with van der Waals surface area (Å²) in [6.45, 7) is 7.40. The number of nitrogens with one attached hydrogen (secondary N) is 1. The van der Waals surface area contributed by atoms with Crippen molar-refractivity contribution in [3.05, 3.63) is 42.4 Å². The molecule has 2 aromatic rings. The van der Waals surface area contributed by atoms with Crippen LogP contribution >= 0.6 is 0 Å². The van der Waals surface area contributed by atoms with Gasteiger partial charge in [-0.2, -0.15) is 4.31 Å². The van der Waals surface area contributed by atoms with Crippen LogP contribution in [-0.2, 0) is 21.4 Å². The number of anilines is 1. The fraction of sp³-hybridized carbons (Fsp3) is 0.500. The molecule has 0 atom stereocenters. The summed E-state index contributed by atoms with van der Waals surface area (Å²) in [4.78, 5) is 16.3. The molecule has 152 valence electrons. The summed E-state index contributed by atoms with van der Waals surface area (Å²) in [6, 6.07) is 7.71. The van der Waals surface area contributed by atoms with Gasteiger partial charge in [0.25, 0.3) is 10.0 Å². The van der Waals surface area contributed by atoms with E-state index in [2.05, 4.69) is 31.1 Å². The van der Waals surface area contributed by atoms with Gasteiger partial charge in [-0.05, 0) is 42.4 Å². The number of amides is 1. The molecule has 0 radical (unpaired) electrons. The fourth-order valence-corrected chi connectivity index (χ4v) is 4.64. The lowest BCUT2D eigenvalue weighted by Crippen LogP contribution is -2.38. The van der Waals surface area contributed by atoms with Crippen molar-refractivity contribution in [3.63, 3.8) is 0 Å². The van der Waals surface area contributed by atoms with Crippen molar-refractivity contribution in [1.29, 1.82) is 0 Å². The van der Waals surface area contributed by atoms with Crippen molar-refractivity contribution in [2.24, 2.45) is 5.92 Å². The van der Waals surface area contributed by atoms with Crippen molar-refractivity contribution in [3.8, 4) is 0 Å². The Kier molecular flexibility index (Phi) is 6.20. The van der Waals surface area contributed by atoms with Crippen LogP contribution in [0.5, 0.6) is 0 Å². The van der Waals surface area contributed by atoms with Gasteiger partial charge in [0.15, 0.2) is 5.03 Å². The van der Waals surface area contributed by atoms with Crippen molar-refractivity contribution in [1.82, 2.24) is 13.9 Å². The molecular formula is C20H28N4O3S. The van der Waals surface area contributed by atoms with Crippen LogP contribution in [0, 0.1) is 5.92 Å². The Hall–Kier alpha value is -2.19. The molecule has 1 aromatic heterocycles. The Morgan fingerprint density at radius 1 is 1.21 bits per heavy atom. The summed E-state index contributed by atoms with van der Waals surface area (Å²) in [5, 5.41) is 2.82. The van der Waals surface area contributed by atoms with E-state index in [4.69, 9.17) is 0 Å². The molecule has 0 saturated carbocycles. The molecule has 0 spiro atoms. The van der Waals surface area contributed by atoms with Crippen LogP contribution in [0.4, 0.5) is 5.69 Å². The Balaban J connectivity index is 1.61. The zero-order chi connectivity index (χ0) is 20.3. The van der Waals surface area contributed by atoms with Gasteiger partial charge in [-0.3, -0.25) is 4.79 Å².